The van der Waals surface area contributed by atoms with Gasteiger partial charge in [-0.05, 0) is 67.4 Å². The van der Waals surface area contributed by atoms with Crippen molar-refractivity contribution in [2.24, 2.45) is 0 Å². The second-order valence-corrected chi connectivity index (χ2v) is 8.80. The number of aryl methyl sites for hydroxylation is 1. The lowest BCUT2D eigenvalue weighted by atomic mass is 10.0. The molecule has 0 aliphatic carbocycles. The predicted molar refractivity (Wildman–Crippen MR) is 138 cm³/mol. The summed E-state index contributed by atoms with van der Waals surface area (Å²) < 4.78 is 11.3. The van der Waals surface area contributed by atoms with Gasteiger partial charge in [0, 0.05) is 43.0 Å². The molecule has 0 bridgehead atoms. The molecule has 0 N–H and O–H groups in total. The summed E-state index contributed by atoms with van der Waals surface area (Å²) in [4.78, 5) is 22.3. The van der Waals surface area contributed by atoms with Gasteiger partial charge in [0.15, 0.2) is 5.76 Å². The zero-order valence-electron chi connectivity index (χ0n) is 20.3. The van der Waals surface area contributed by atoms with Crippen LogP contribution in [0.1, 0.15) is 21.5 Å². The molecule has 178 valence electrons. The molecule has 1 aliphatic rings. The number of oxazole rings is 1. The number of anilines is 1. The summed E-state index contributed by atoms with van der Waals surface area (Å²) in [6, 6.07) is 21.6. The Hall–Kier alpha value is -4.06. The molecule has 1 saturated heterocycles. The normalized spacial score (nSPS) is 13.7. The highest BCUT2D eigenvalue weighted by Gasteiger charge is 2.26. The lowest BCUT2D eigenvalue weighted by molar-refractivity contribution is 0.0747. The van der Waals surface area contributed by atoms with Gasteiger partial charge in [-0.1, -0.05) is 24.3 Å². The second-order valence-electron chi connectivity index (χ2n) is 8.80. The molecule has 2 heterocycles. The van der Waals surface area contributed by atoms with Crippen molar-refractivity contribution < 1.29 is 13.9 Å². The molecular weight excluding hydrogens is 438 g/mol. The van der Waals surface area contributed by atoms with Gasteiger partial charge < -0.3 is 19.0 Å². The first-order valence-electron chi connectivity index (χ1n) is 11.9. The third-order valence-corrected chi connectivity index (χ3v) is 6.75. The number of amides is 1. The van der Waals surface area contributed by atoms with Crippen molar-refractivity contribution in [2.75, 3.05) is 38.2 Å². The van der Waals surface area contributed by atoms with E-state index in [1.54, 1.807) is 13.3 Å². The summed E-state index contributed by atoms with van der Waals surface area (Å²) in [7, 11) is 1.64. The highest BCUT2D eigenvalue weighted by molar-refractivity contribution is 6.00. The van der Waals surface area contributed by atoms with E-state index >= 15 is 0 Å². The molecule has 3 aromatic carbocycles. The fraction of sp³-hybridized carbons (Fsp3) is 0.241. The minimum atomic E-state index is 0.00501. The van der Waals surface area contributed by atoms with Gasteiger partial charge in [0.1, 0.15) is 5.75 Å². The SMILES string of the molecule is COc1ccc(-c2cnc(-c3ccccc3C(=O)N3CCN(c4cccc(C)c4C)CC3)o2)cc1. The average molecular weight is 468 g/mol. The van der Waals surface area contributed by atoms with Crippen molar-refractivity contribution in [1.82, 2.24) is 9.88 Å². The fourth-order valence-corrected chi connectivity index (χ4v) is 4.54. The number of rotatable bonds is 5. The van der Waals surface area contributed by atoms with Crippen LogP contribution < -0.4 is 9.64 Å². The number of benzene rings is 3. The Morgan fingerprint density at radius 3 is 2.40 bits per heavy atom. The standard InChI is InChI=1S/C29H29N3O3/c1-20-7-6-10-26(21(20)2)31-15-17-32(18-16-31)29(33)25-9-5-4-8-24(25)28-30-19-27(35-28)22-11-13-23(34-3)14-12-22/h4-14,19H,15-18H2,1-3H3. The van der Waals surface area contributed by atoms with Crippen molar-refractivity contribution >= 4 is 11.6 Å². The van der Waals surface area contributed by atoms with Gasteiger partial charge in [0.05, 0.1) is 18.9 Å². The van der Waals surface area contributed by atoms with Crippen LogP contribution in [0.3, 0.4) is 0 Å². The number of aromatic nitrogens is 1. The van der Waals surface area contributed by atoms with Gasteiger partial charge in [-0.25, -0.2) is 4.98 Å². The Morgan fingerprint density at radius 1 is 0.914 bits per heavy atom. The number of hydrogen-bond donors (Lipinski definition) is 0. The van der Waals surface area contributed by atoms with Gasteiger partial charge in [0.25, 0.3) is 5.91 Å². The van der Waals surface area contributed by atoms with E-state index in [2.05, 4.69) is 41.9 Å². The summed E-state index contributed by atoms with van der Waals surface area (Å²) in [6.07, 6.45) is 1.70. The van der Waals surface area contributed by atoms with E-state index in [1.165, 1.54) is 16.8 Å². The third kappa shape index (κ3) is 4.52. The van der Waals surface area contributed by atoms with Crippen LogP contribution in [-0.2, 0) is 0 Å². The Labute approximate surface area is 205 Å². The topological polar surface area (TPSA) is 58.8 Å². The van der Waals surface area contributed by atoms with E-state index in [0.717, 1.165) is 24.4 Å². The lowest BCUT2D eigenvalue weighted by Crippen LogP contribution is -2.49. The molecule has 1 amide bonds. The molecule has 35 heavy (non-hydrogen) atoms. The van der Waals surface area contributed by atoms with Gasteiger partial charge in [-0.15, -0.1) is 0 Å². The first-order valence-corrected chi connectivity index (χ1v) is 11.9. The number of nitrogens with zero attached hydrogens (tertiary/aromatic N) is 3. The number of hydrogen-bond acceptors (Lipinski definition) is 5. The summed E-state index contributed by atoms with van der Waals surface area (Å²) in [5.74, 6) is 1.87. The van der Waals surface area contributed by atoms with Crippen molar-refractivity contribution in [1.29, 1.82) is 0 Å². The maximum atomic E-state index is 13.5. The molecule has 1 fully saturated rings. The number of piperazine rings is 1. The summed E-state index contributed by atoms with van der Waals surface area (Å²) in [6.45, 7) is 7.25. The number of methoxy groups -OCH3 is 1. The Morgan fingerprint density at radius 2 is 1.66 bits per heavy atom. The zero-order chi connectivity index (χ0) is 24.4. The molecule has 1 aromatic heterocycles. The van der Waals surface area contributed by atoms with Crippen molar-refractivity contribution in [2.45, 2.75) is 13.8 Å². The van der Waals surface area contributed by atoms with Crippen molar-refractivity contribution in [3.8, 4) is 28.5 Å². The van der Waals surface area contributed by atoms with Gasteiger partial charge in [-0.2, -0.15) is 0 Å². The van der Waals surface area contributed by atoms with Crippen LogP contribution in [0, 0.1) is 13.8 Å². The predicted octanol–water partition coefficient (Wildman–Crippen LogP) is 5.60. The molecular formula is C29H29N3O3. The van der Waals surface area contributed by atoms with Crippen molar-refractivity contribution in [3.05, 3.63) is 89.6 Å². The number of ether oxygens (including phenoxy) is 1. The second kappa shape index (κ2) is 9.66. The maximum Gasteiger partial charge on any atom is 0.254 e. The van der Waals surface area contributed by atoms with E-state index in [1.807, 2.05) is 53.4 Å². The largest absolute Gasteiger partial charge is 0.497 e. The molecule has 5 rings (SSSR count). The highest BCUT2D eigenvalue weighted by Crippen LogP contribution is 2.30. The average Bonchev–Trinajstić information content (AvgIpc) is 3.40. The van der Waals surface area contributed by atoms with Crippen LogP contribution in [0.5, 0.6) is 5.75 Å². The molecule has 1 aliphatic heterocycles. The summed E-state index contributed by atoms with van der Waals surface area (Å²) >= 11 is 0. The third-order valence-electron chi connectivity index (χ3n) is 6.75. The molecule has 0 atom stereocenters. The van der Waals surface area contributed by atoms with Crippen LogP contribution in [0.15, 0.2) is 77.3 Å². The van der Waals surface area contributed by atoms with Crippen LogP contribution in [0.25, 0.3) is 22.8 Å². The Balaban J connectivity index is 1.34. The Bertz CT molecular complexity index is 1340. The molecule has 0 saturated carbocycles. The smallest absolute Gasteiger partial charge is 0.254 e. The molecule has 0 spiro atoms. The quantitative estimate of drug-likeness (QED) is 0.383. The van der Waals surface area contributed by atoms with E-state index in [0.29, 0.717) is 35.9 Å². The zero-order valence-corrected chi connectivity index (χ0v) is 20.3. The van der Waals surface area contributed by atoms with Crippen molar-refractivity contribution in [3.63, 3.8) is 0 Å². The lowest BCUT2D eigenvalue weighted by Gasteiger charge is -2.37. The molecule has 0 unspecified atom stereocenters. The fourth-order valence-electron chi connectivity index (χ4n) is 4.54. The van der Waals surface area contributed by atoms with Gasteiger partial charge in [0.2, 0.25) is 5.89 Å². The first-order chi connectivity index (χ1) is 17.0. The Kier molecular flexibility index (Phi) is 6.27. The highest BCUT2D eigenvalue weighted by atomic mass is 16.5. The number of carbonyl (C=O) groups is 1. The minimum Gasteiger partial charge on any atom is -0.497 e. The molecule has 6 heteroatoms. The minimum absolute atomic E-state index is 0.00501. The first kappa shape index (κ1) is 22.7. The van der Waals surface area contributed by atoms with Crippen LogP contribution >= 0.6 is 0 Å². The van der Waals surface area contributed by atoms with E-state index in [-0.39, 0.29) is 5.91 Å². The summed E-state index contributed by atoms with van der Waals surface area (Å²) in [5, 5.41) is 0. The van der Waals surface area contributed by atoms with E-state index in [9.17, 15) is 4.79 Å². The monoisotopic (exact) mass is 467 g/mol. The maximum absolute atomic E-state index is 13.5. The van der Waals surface area contributed by atoms with Crippen LogP contribution in [0.2, 0.25) is 0 Å². The number of carbonyl (C=O) groups excluding carboxylic acids is 1. The van der Waals surface area contributed by atoms with Gasteiger partial charge in [-0.3, -0.25) is 4.79 Å². The molecule has 0 radical (unpaired) electrons. The summed E-state index contributed by atoms with van der Waals surface area (Å²) in [5.41, 5.74) is 6.05. The molecule has 4 aromatic rings. The molecule has 6 nitrogen and oxygen atoms in total. The van der Waals surface area contributed by atoms with E-state index in [4.69, 9.17) is 9.15 Å². The van der Waals surface area contributed by atoms with Crippen LogP contribution in [-0.4, -0.2) is 49.1 Å². The van der Waals surface area contributed by atoms with E-state index < -0.39 is 0 Å². The van der Waals surface area contributed by atoms with Gasteiger partial charge >= 0.3 is 0 Å². The van der Waals surface area contributed by atoms with Crippen LogP contribution in [0.4, 0.5) is 5.69 Å².